The zero-order valence-corrected chi connectivity index (χ0v) is 13.6. The smallest absolute Gasteiger partial charge is 0.188 e. The van der Waals surface area contributed by atoms with E-state index in [0.717, 1.165) is 11.4 Å². The molecule has 0 bridgehead atoms. The highest BCUT2D eigenvalue weighted by molar-refractivity contribution is 7.09. The van der Waals surface area contributed by atoms with Crippen molar-refractivity contribution < 1.29 is 0 Å². The lowest BCUT2D eigenvalue weighted by molar-refractivity contribution is 0.571. The molecule has 0 spiro atoms. The molecular weight excluding hydrogens is 268 g/mol. The summed E-state index contributed by atoms with van der Waals surface area (Å²) in [7, 11) is 0. The van der Waals surface area contributed by atoms with Crippen LogP contribution in [0.5, 0.6) is 0 Å². The van der Waals surface area contributed by atoms with Crippen LogP contribution < -0.4 is 11.1 Å². The lowest BCUT2D eigenvalue weighted by atomic mass is 9.93. The van der Waals surface area contributed by atoms with E-state index in [-0.39, 0.29) is 5.41 Å². The van der Waals surface area contributed by atoms with Crippen molar-refractivity contribution in [3.05, 3.63) is 16.1 Å². The zero-order valence-electron chi connectivity index (χ0n) is 12.8. The predicted octanol–water partition coefficient (Wildman–Crippen LogP) is 2.83. The fraction of sp³-hybridized carbons (Fsp3) is 0.733. The van der Waals surface area contributed by atoms with Crippen molar-refractivity contribution in [1.29, 1.82) is 0 Å². The van der Waals surface area contributed by atoms with Crippen molar-refractivity contribution in [2.45, 2.75) is 64.3 Å². The molecule has 0 amide bonds. The van der Waals surface area contributed by atoms with Crippen LogP contribution >= 0.6 is 11.3 Å². The summed E-state index contributed by atoms with van der Waals surface area (Å²) >= 11 is 1.72. The van der Waals surface area contributed by atoms with E-state index in [4.69, 9.17) is 5.73 Å². The van der Waals surface area contributed by atoms with E-state index < -0.39 is 0 Å². The number of nitrogens with two attached hydrogens (primary N) is 1. The highest BCUT2D eigenvalue weighted by atomic mass is 32.1. The number of hydrogen-bond donors (Lipinski definition) is 2. The molecule has 4 nitrogen and oxygen atoms in total. The molecule has 0 saturated heterocycles. The number of nitrogens with one attached hydrogen (secondary N) is 1. The summed E-state index contributed by atoms with van der Waals surface area (Å²) in [5.74, 6) is 0.588. The Morgan fingerprint density at radius 1 is 1.45 bits per heavy atom. The lowest BCUT2D eigenvalue weighted by Gasteiger charge is -2.14. The molecule has 5 heteroatoms. The van der Waals surface area contributed by atoms with E-state index in [1.807, 2.05) is 0 Å². The summed E-state index contributed by atoms with van der Waals surface area (Å²) in [5.41, 5.74) is 7.21. The number of thiazole rings is 1. The van der Waals surface area contributed by atoms with E-state index in [1.54, 1.807) is 11.3 Å². The average molecular weight is 294 g/mol. The van der Waals surface area contributed by atoms with Gasteiger partial charge in [0.15, 0.2) is 5.96 Å². The SMILES string of the molecule is CC(C)(C)c1csc(CCN=C(N)NC2CCCC2)n1. The Morgan fingerprint density at radius 3 is 2.75 bits per heavy atom. The van der Waals surface area contributed by atoms with Gasteiger partial charge in [-0.3, -0.25) is 4.99 Å². The standard InChI is InChI=1S/C15H26N4S/c1-15(2,3)12-10-20-13(19-12)8-9-17-14(16)18-11-6-4-5-7-11/h10-11H,4-9H2,1-3H3,(H3,16,17,18). The number of nitrogens with zero attached hydrogens (tertiary/aromatic N) is 2. The molecule has 0 atom stereocenters. The quantitative estimate of drug-likeness (QED) is 0.663. The van der Waals surface area contributed by atoms with Crippen molar-refractivity contribution >= 4 is 17.3 Å². The third kappa shape index (κ3) is 4.47. The summed E-state index contributed by atoms with van der Waals surface area (Å²) in [5, 5.41) is 6.60. The van der Waals surface area contributed by atoms with Gasteiger partial charge in [0.2, 0.25) is 0 Å². The summed E-state index contributed by atoms with van der Waals surface area (Å²) in [4.78, 5) is 9.07. The molecule has 0 aromatic carbocycles. The van der Waals surface area contributed by atoms with E-state index >= 15 is 0 Å². The van der Waals surface area contributed by atoms with Crippen molar-refractivity contribution in [1.82, 2.24) is 10.3 Å². The average Bonchev–Trinajstić information content (AvgIpc) is 2.98. The first kappa shape index (κ1) is 15.3. The molecule has 1 aliphatic carbocycles. The van der Waals surface area contributed by atoms with Gasteiger partial charge in [-0.25, -0.2) is 4.98 Å². The zero-order chi connectivity index (χ0) is 14.6. The highest BCUT2D eigenvalue weighted by Gasteiger charge is 2.17. The van der Waals surface area contributed by atoms with E-state index in [2.05, 4.69) is 41.4 Å². The third-order valence-electron chi connectivity index (χ3n) is 3.64. The second kappa shape index (κ2) is 6.57. The molecule has 0 radical (unpaired) electrons. The minimum Gasteiger partial charge on any atom is -0.370 e. The molecule has 112 valence electrons. The Labute approximate surface area is 125 Å². The molecule has 1 aromatic rings. The molecule has 3 N–H and O–H groups in total. The molecule has 0 aliphatic heterocycles. The van der Waals surface area contributed by atoms with Gasteiger partial charge in [-0.1, -0.05) is 33.6 Å². The van der Waals surface area contributed by atoms with Crippen molar-refractivity contribution in [2.24, 2.45) is 10.7 Å². The van der Waals surface area contributed by atoms with Gasteiger partial charge in [-0.15, -0.1) is 11.3 Å². The van der Waals surface area contributed by atoms with Gasteiger partial charge in [0, 0.05) is 29.8 Å². The Kier molecular flexibility index (Phi) is 5.02. The molecule has 1 fully saturated rings. The fourth-order valence-corrected chi connectivity index (χ4v) is 3.38. The van der Waals surface area contributed by atoms with Crippen LogP contribution in [0.4, 0.5) is 0 Å². The van der Waals surface area contributed by atoms with E-state index in [9.17, 15) is 0 Å². The van der Waals surface area contributed by atoms with E-state index in [0.29, 0.717) is 18.5 Å². The lowest BCUT2D eigenvalue weighted by Crippen LogP contribution is -2.38. The summed E-state index contributed by atoms with van der Waals surface area (Å²) < 4.78 is 0. The first-order valence-corrected chi connectivity index (χ1v) is 8.34. The molecule has 2 rings (SSSR count). The predicted molar refractivity (Wildman–Crippen MR) is 86.4 cm³/mol. The van der Waals surface area contributed by atoms with Gasteiger partial charge >= 0.3 is 0 Å². The summed E-state index contributed by atoms with van der Waals surface area (Å²) in [6, 6.07) is 0.533. The molecule has 1 heterocycles. The molecule has 1 aromatic heterocycles. The number of hydrogen-bond acceptors (Lipinski definition) is 3. The Hall–Kier alpha value is -1.10. The van der Waals surface area contributed by atoms with Gasteiger partial charge in [0.25, 0.3) is 0 Å². The van der Waals surface area contributed by atoms with Crippen molar-refractivity contribution in [3.8, 4) is 0 Å². The second-order valence-corrected chi connectivity index (χ2v) is 7.46. The van der Waals surface area contributed by atoms with Gasteiger partial charge in [-0.05, 0) is 12.8 Å². The largest absolute Gasteiger partial charge is 0.370 e. The van der Waals surface area contributed by atoms with E-state index in [1.165, 1.54) is 31.4 Å². The second-order valence-electron chi connectivity index (χ2n) is 6.52. The molecule has 1 saturated carbocycles. The van der Waals surface area contributed by atoms with Crippen LogP contribution in [-0.4, -0.2) is 23.5 Å². The Bertz CT molecular complexity index is 453. The maximum absolute atomic E-state index is 5.91. The van der Waals surface area contributed by atoms with Crippen molar-refractivity contribution in [2.75, 3.05) is 6.54 Å². The topological polar surface area (TPSA) is 63.3 Å². The maximum Gasteiger partial charge on any atom is 0.188 e. The Balaban J connectivity index is 1.78. The van der Waals surface area contributed by atoms with Crippen LogP contribution in [0.3, 0.4) is 0 Å². The van der Waals surface area contributed by atoms with Gasteiger partial charge in [0.1, 0.15) is 0 Å². The maximum atomic E-state index is 5.91. The molecular formula is C15H26N4S. The Morgan fingerprint density at radius 2 is 2.15 bits per heavy atom. The molecule has 0 unspecified atom stereocenters. The molecule has 20 heavy (non-hydrogen) atoms. The number of rotatable bonds is 4. The first-order valence-electron chi connectivity index (χ1n) is 7.46. The van der Waals surface area contributed by atoms with Crippen LogP contribution in [0, 0.1) is 0 Å². The van der Waals surface area contributed by atoms with Crippen LogP contribution in [0.25, 0.3) is 0 Å². The minimum absolute atomic E-state index is 0.126. The van der Waals surface area contributed by atoms with Crippen LogP contribution in [0.15, 0.2) is 10.4 Å². The molecule has 1 aliphatic rings. The van der Waals surface area contributed by atoms with Crippen molar-refractivity contribution in [3.63, 3.8) is 0 Å². The number of aromatic nitrogens is 1. The van der Waals surface area contributed by atoms with Crippen LogP contribution in [0.2, 0.25) is 0 Å². The van der Waals surface area contributed by atoms with Gasteiger partial charge in [-0.2, -0.15) is 0 Å². The van der Waals surface area contributed by atoms with Crippen LogP contribution in [0.1, 0.15) is 57.2 Å². The normalized spacial score (nSPS) is 17.6. The van der Waals surface area contributed by atoms with Crippen LogP contribution in [-0.2, 0) is 11.8 Å². The van der Waals surface area contributed by atoms with Gasteiger partial charge in [0.05, 0.1) is 10.7 Å². The number of aliphatic imine (C=N–C) groups is 1. The highest BCUT2D eigenvalue weighted by Crippen LogP contribution is 2.24. The first-order chi connectivity index (χ1) is 9.45. The minimum atomic E-state index is 0.126. The third-order valence-corrected chi connectivity index (χ3v) is 4.54. The van der Waals surface area contributed by atoms with Gasteiger partial charge < -0.3 is 11.1 Å². The number of guanidine groups is 1. The summed E-state index contributed by atoms with van der Waals surface area (Å²) in [6.45, 7) is 7.27. The fourth-order valence-electron chi connectivity index (χ4n) is 2.37. The summed E-state index contributed by atoms with van der Waals surface area (Å²) in [6.07, 6.45) is 5.92. The monoisotopic (exact) mass is 294 g/mol.